The van der Waals surface area contributed by atoms with E-state index >= 15 is 0 Å². The average molecular weight is 388 g/mol. The lowest BCUT2D eigenvalue weighted by molar-refractivity contribution is -0.122. The molecule has 1 heterocycles. The van der Waals surface area contributed by atoms with Crippen molar-refractivity contribution in [3.05, 3.63) is 27.8 Å². The molecule has 0 atom stereocenters. The summed E-state index contributed by atoms with van der Waals surface area (Å²) < 4.78 is 6.80. The Morgan fingerprint density at radius 3 is 2.70 bits per heavy atom. The van der Waals surface area contributed by atoms with Gasteiger partial charge in [0.25, 0.3) is 0 Å². The number of piperidine rings is 1. The van der Waals surface area contributed by atoms with Crippen LogP contribution in [0.2, 0.25) is 0 Å². The molecule has 0 aromatic heterocycles. The van der Waals surface area contributed by atoms with Crippen molar-refractivity contribution < 1.29 is 9.53 Å². The highest BCUT2D eigenvalue weighted by atomic mass is 127. The van der Waals surface area contributed by atoms with Crippen LogP contribution in [0.5, 0.6) is 5.75 Å². The highest BCUT2D eigenvalue weighted by Crippen LogP contribution is 2.13. The predicted octanol–water partition coefficient (Wildman–Crippen LogP) is 2.32. The minimum absolute atomic E-state index is 0.142. The van der Waals surface area contributed by atoms with E-state index in [1.165, 1.54) is 3.57 Å². The van der Waals surface area contributed by atoms with Gasteiger partial charge in [-0.25, -0.2) is 0 Å². The van der Waals surface area contributed by atoms with E-state index in [9.17, 15) is 4.79 Å². The fourth-order valence-corrected chi connectivity index (χ4v) is 2.58. The van der Waals surface area contributed by atoms with E-state index in [4.69, 9.17) is 4.74 Å². The van der Waals surface area contributed by atoms with Crippen LogP contribution in [0.4, 0.5) is 0 Å². The monoisotopic (exact) mass is 388 g/mol. The Bertz CT molecular complexity index is 416. The molecule has 4 nitrogen and oxygen atoms in total. The van der Waals surface area contributed by atoms with Crippen LogP contribution in [0.3, 0.4) is 0 Å². The number of hydrogen-bond acceptors (Lipinski definition) is 3. The number of carbonyl (C=O) groups excluding carboxylic acids is 1. The molecule has 1 aliphatic heterocycles. The number of halogens is 1. The lowest BCUT2D eigenvalue weighted by Gasteiger charge is -2.23. The summed E-state index contributed by atoms with van der Waals surface area (Å²) >= 11 is 2.26. The minimum Gasteiger partial charge on any atom is -0.494 e. The second kappa shape index (κ2) is 8.46. The van der Waals surface area contributed by atoms with Crippen LogP contribution in [-0.4, -0.2) is 31.6 Å². The summed E-state index contributed by atoms with van der Waals surface area (Å²) in [6.45, 7) is 2.59. The Kier molecular flexibility index (Phi) is 6.59. The third-order valence-electron chi connectivity index (χ3n) is 3.33. The second-order valence-electron chi connectivity index (χ2n) is 5.00. The first-order valence-electron chi connectivity index (χ1n) is 7.12. The number of rotatable bonds is 6. The van der Waals surface area contributed by atoms with Gasteiger partial charge in [0.1, 0.15) is 5.75 Å². The zero-order valence-corrected chi connectivity index (χ0v) is 13.7. The molecule has 110 valence electrons. The van der Waals surface area contributed by atoms with Crippen LogP contribution in [0.25, 0.3) is 0 Å². The molecule has 0 unspecified atom stereocenters. The first-order valence-corrected chi connectivity index (χ1v) is 8.20. The van der Waals surface area contributed by atoms with Gasteiger partial charge in [-0.05, 0) is 79.2 Å². The molecule has 0 spiro atoms. The molecule has 2 N–H and O–H groups in total. The predicted molar refractivity (Wildman–Crippen MR) is 87.9 cm³/mol. The van der Waals surface area contributed by atoms with Crippen molar-refractivity contribution in [2.45, 2.75) is 31.7 Å². The van der Waals surface area contributed by atoms with E-state index in [-0.39, 0.29) is 5.91 Å². The maximum atomic E-state index is 11.8. The van der Waals surface area contributed by atoms with Crippen molar-refractivity contribution in [1.29, 1.82) is 0 Å². The molecule has 5 heteroatoms. The maximum Gasteiger partial charge on any atom is 0.220 e. The van der Waals surface area contributed by atoms with Crippen LogP contribution >= 0.6 is 22.6 Å². The Balaban J connectivity index is 1.58. The molecule has 0 aliphatic carbocycles. The third-order valence-corrected chi connectivity index (χ3v) is 4.05. The molecule has 1 aromatic carbocycles. The Labute approximate surface area is 133 Å². The topological polar surface area (TPSA) is 50.4 Å². The Morgan fingerprint density at radius 1 is 1.30 bits per heavy atom. The number of benzene rings is 1. The summed E-state index contributed by atoms with van der Waals surface area (Å²) in [6.07, 6.45) is 3.35. The van der Waals surface area contributed by atoms with Crippen molar-refractivity contribution in [3.8, 4) is 5.75 Å². The number of hydrogen-bond donors (Lipinski definition) is 2. The minimum atomic E-state index is 0.142. The van der Waals surface area contributed by atoms with E-state index in [2.05, 4.69) is 33.2 Å². The first kappa shape index (κ1) is 15.6. The molecule has 1 saturated heterocycles. The third kappa shape index (κ3) is 5.66. The zero-order chi connectivity index (χ0) is 14.2. The SMILES string of the molecule is O=C(CCCOc1ccc(I)cc1)NC1CCNCC1. The molecule has 0 bridgehead atoms. The summed E-state index contributed by atoms with van der Waals surface area (Å²) in [4.78, 5) is 11.8. The van der Waals surface area contributed by atoms with Gasteiger partial charge in [-0.2, -0.15) is 0 Å². The lowest BCUT2D eigenvalue weighted by Crippen LogP contribution is -2.42. The largest absolute Gasteiger partial charge is 0.494 e. The zero-order valence-electron chi connectivity index (χ0n) is 11.5. The number of amides is 1. The molecule has 1 amide bonds. The fraction of sp³-hybridized carbons (Fsp3) is 0.533. The van der Waals surface area contributed by atoms with Gasteiger partial charge in [0.05, 0.1) is 6.61 Å². The molecule has 1 fully saturated rings. The standard InChI is InChI=1S/C15H21IN2O2/c16-12-3-5-14(6-4-12)20-11-1-2-15(19)18-13-7-9-17-10-8-13/h3-6,13,17H,1-2,7-11H2,(H,18,19). The van der Waals surface area contributed by atoms with Crippen LogP contribution in [0.1, 0.15) is 25.7 Å². The van der Waals surface area contributed by atoms with Crippen LogP contribution in [-0.2, 0) is 4.79 Å². The highest BCUT2D eigenvalue weighted by molar-refractivity contribution is 14.1. The Morgan fingerprint density at radius 2 is 2.00 bits per heavy atom. The van der Waals surface area contributed by atoms with Crippen molar-refractivity contribution in [2.24, 2.45) is 0 Å². The first-order chi connectivity index (χ1) is 9.74. The van der Waals surface area contributed by atoms with Crippen molar-refractivity contribution in [3.63, 3.8) is 0 Å². The van der Waals surface area contributed by atoms with Gasteiger partial charge in [-0.15, -0.1) is 0 Å². The van der Waals surface area contributed by atoms with Gasteiger partial charge in [-0.3, -0.25) is 4.79 Å². The van der Waals surface area contributed by atoms with E-state index in [1.807, 2.05) is 24.3 Å². The van der Waals surface area contributed by atoms with Gasteiger partial charge in [0, 0.05) is 16.0 Å². The van der Waals surface area contributed by atoms with E-state index in [0.29, 0.717) is 19.1 Å². The van der Waals surface area contributed by atoms with Gasteiger partial charge in [0.2, 0.25) is 5.91 Å². The summed E-state index contributed by atoms with van der Waals surface area (Å²) in [5.41, 5.74) is 0. The fourth-order valence-electron chi connectivity index (χ4n) is 2.22. The molecule has 2 rings (SSSR count). The van der Waals surface area contributed by atoms with Gasteiger partial charge in [0.15, 0.2) is 0 Å². The van der Waals surface area contributed by atoms with Crippen LogP contribution in [0.15, 0.2) is 24.3 Å². The molecule has 0 saturated carbocycles. The highest BCUT2D eigenvalue weighted by Gasteiger charge is 2.14. The summed E-state index contributed by atoms with van der Waals surface area (Å²) in [6, 6.07) is 8.29. The second-order valence-corrected chi connectivity index (χ2v) is 6.24. The molecule has 1 aliphatic rings. The molecule has 0 radical (unpaired) electrons. The molecule has 20 heavy (non-hydrogen) atoms. The lowest BCUT2D eigenvalue weighted by atomic mass is 10.1. The number of ether oxygens (including phenoxy) is 1. The number of carbonyl (C=O) groups is 1. The summed E-state index contributed by atoms with van der Waals surface area (Å²) in [5, 5.41) is 6.38. The van der Waals surface area contributed by atoms with Crippen molar-refractivity contribution >= 4 is 28.5 Å². The van der Waals surface area contributed by atoms with Gasteiger partial charge >= 0.3 is 0 Å². The Hall–Kier alpha value is -0.820. The van der Waals surface area contributed by atoms with Gasteiger partial charge in [-0.1, -0.05) is 0 Å². The molecular weight excluding hydrogens is 367 g/mol. The van der Waals surface area contributed by atoms with Crippen molar-refractivity contribution in [2.75, 3.05) is 19.7 Å². The van der Waals surface area contributed by atoms with Crippen molar-refractivity contribution in [1.82, 2.24) is 10.6 Å². The maximum absolute atomic E-state index is 11.8. The number of nitrogens with one attached hydrogen (secondary N) is 2. The van der Waals surface area contributed by atoms with E-state index in [1.54, 1.807) is 0 Å². The van der Waals surface area contributed by atoms with E-state index in [0.717, 1.165) is 38.1 Å². The summed E-state index contributed by atoms with van der Waals surface area (Å²) in [7, 11) is 0. The van der Waals surface area contributed by atoms with Crippen LogP contribution in [0, 0.1) is 3.57 Å². The smallest absolute Gasteiger partial charge is 0.220 e. The normalized spacial score (nSPS) is 15.8. The summed E-state index contributed by atoms with van der Waals surface area (Å²) in [5.74, 6) is 1.01. The average Bonchev–Trinajstić information content (AvgIpc) is 2.46. The molecular formula is C15H21IN2O2. The quantitative estimate of drug-likeness (QED) is 0.581. The van der Waals surface area contributed by atoms with Crippen LogP contribution < -0.4 is 15.4 Å². The van der Waals surface area contributed by atoms with E-state index < -0.39 is 0 Å². The molecule has 1 aromatic rings. The van der Waals surface area contributed by atoms with Gasteiger partial charge < -0.3 is 15.4 Å².